The molecule has 1 aromatic carbocycles. The van der Waals surface area contributed by atoms with Crippen LogP contribution in [0, 0.1) is 0 Å². The molecule has 1 aliphatic rings. The summed E-state index contributed by atoms with van der Waals surface area (Å²) in [6.07, 6.45) is 4.18. The van der Waals surface area contributed by atoms with Crippen LogP contribution < -0.4 is 10.6 Å². The van der Waals surface area contributed by atoms with Crippen molar-refractivity contribution in [2.75, 3.05) is 31.1 Å². The molecule has 1 aliphatic heterocycles. The maximum atomic E-state index is 5.72. The quantitative estimate of drug-likeness (QED) is 0.915. The summed E-state index contributed by atoms with van der Waals surface area (Å²) in [6.45, 7) is 3.16. The van der Waals surface area contributed by atoms with Crippen LogP contribution in [0.2, 0.25) is 0 Å². The second-order valence-electron chi connectivity index (χ2n) is 5.10. The highest BCUT2D eigenvalue weighted by molar-refractivity contribution is 5.91. The lowest BCUT2D eigenvalue weighted by Crippen LogP contribution is -2.38. The summed E-state index contributed by atoms with van der Waals surface area (Å²) < 4.78 is 5.72. The third kappa shape index (κ3) is 2.73. The highest BCUT2D eigenvalue weighted by Crippen LogP contribution is 2.26. The van der Waals surface area contributed by atoms with Crippen molar-refractivity contribution in [1.29, 1.82) is 0 Å². The van der Waals surface area contributed by atoms with E-state index in [0.717, 1.165) is 37.1 Å². The average Bonchev–Trinajstić information content (AvgIpc) is 2.53. The zero-order valence-corrected chi connectivity index (χ0v) is 11.5. The second kappa shape index (κ2) is 6.15. The predicted octanol–water partition coefficient (Wildman–Crippen LogP) is 1.57. The number of ether oxygens (including phenoxy) is 1. The van der Waals surface area contributed by atoms with E-state index in [4.69, 9.17) is 10.5 Å². The van der Waals surface area contributed by atoms with Crippen LogP contribution in [0.25, 0.3) is 10.8 Å². The van der Waals surface area contributed by atoms with Crippen molar-refractivity contribution >= 4 is 16.6 Å². The molecule has 2 heterocycles. The Morgan fingerprint density at radius 3 is 2.85 bits per heavy atom. The van der Waals surface area contributed by atoms with Crippen LogP contribution in [0.3, 0.4) is 0 Å². The van der Waals surface area contributed by atoms with Crippen LogP contribution in [0.4, 0.5) is 5.82 Å². The summed E-state index contributed by atoms with van der Waals surface area (Å²) in [4.78, 5) is 2.30. The minimum Gasteiger partial charge on any atom is -0.377 e. The molecule has 1 aromatic heterocycles. The smallest absolute Gasteiger partial charge is 0.159 e. The molecular formula is C15H20N4O. The van der Waals surface area contributed by atoms with Gasteiger partial charge in [-0.3, -0.25) is 0 Å². The molecule has 3 rings (SSSR count). The molecule has 2 N–H and O–H groups in total. The fourth-order valence-electron chi connectivity index (χ4n) is 2.72. The van der Waals surface area contributed by atoms with E-state index in [1.807, 2.05) is 18.3 Å². The summed E-state index contributed by atoms with van der Waals surface area (Å²) >= 11 is 0. The van der Waals surface area contributed by atoms with Gasteiger partial charge in [0.05, 0.1) is 18.9 Å². The van der Waals surface area contributed by atoms with Crippen molar-refractivity contribution in [3.8, 4) is 0 Å². The van der Waals surface area contributed by atoms with Crippen LogP contribution >= 0.6 is 0 Å². The Bertz CT molecular complexity index is 561. The van der Waals surface area contributed by atoms with E-state index in [2.05, 4.69) is 27.2 Å². The maximum absolute atomic E-state index is 5.72. The van der Waals surface area contributed by atoms with Gasteiger partial charge in [0.15, 0.2) is 5.82 Å². The fourth-order valence-corrected chi connectivity index (χ4v) is 2.72. The molecular weight excluding hydrogens is 252 g/mol. The molecule has 0 amide bonds. The number of rotatable bonds is 4. The Hall–Kier alpha value is -1.72. The number of aromatic nitrogens is 2. The maximum Gasteiger partial charge on any atom is 0.159 e. The summed E-state index contributed by atoms with van der Waals surface area (Å²) in [6, 6.07) is 8.26. The van der Waals surface area contributed by atoms with E-state index in [0.29, 0.717) is 19.3 Å². The van der Waals surface area contributed by atoms with Crippen LogP contribution in [-0.2, 0) is 4.74 Å². The molecule has 0 aliphatic carbocycles. The van der Waals surface area contributed by atoms with Gasteiger partial charge in [-0.05, 0) is 12.8 Å². The molecule has 5 nitrogen and oxygen atoms in total. The molecule has 1 saturated heterocycles. The van der Waals surface area contributed by atoms with Crippen molar-refractivity contribution in [2.24, 2.45) is 5.73 Å². The lowest BCUT2D eigenvalue weighted by atomic mass is 10.1. The number of anilines is 1. The molecule has 20 heavy (non-hydrogen) atoms. The van der Waals surface area contributed by atoms with E-state index in [9.17, 15) is 0 Å². The molecule has 106 valence electrons. The van der Waals surface area contributed by atoms with Crippen molar-refractivity contribution in [1.82, 2.24) is 10.2 Å². The topological polar surface area (TPSA) is 64.3 Å². The van der Waals surface area contributed by atoms with Gasteiger partial charge in [-0.15, -0.1) is 5.10 Å². The minimum atomic E-state index is 0.331. The molecule has 0 unspecified atom stereocenters. The first-order valence-electron chi connectivity index (χ1n) is 7.15. The third-order valence-corrected chi connectivity index (χ3v) is 3.76. The molecule has 1 fully saturated rings. The van der Waals surface area contributed by atoms with Gasteiger partial charge in [0.25, 0.3) is 0 Å². The van der Waals surface area contributed by atoms with Gasteiger partial charge in [0, 0.05) is 30.4 Å². The molecule has 0 bridgehead atoms. The number of benzene rings is 1. The summed E-state index contributed by atoms with van der Waals surface area (Å²) in [5, 5.41) is 10.8. The number of hydrogen-bond donors (Lipinski definition) is 1. The summed E-state index contributed by atoms with van der Waals surface area (Å²) in [5.41, 5.74) is 5.47. The standard InChI is InChI=1S/C15H20N4O/c16-7-10-20-13-5-8-19(9-6-13)15-14-4-2-1-3-12(14)11-17-18-15/h1-4,11,13H,5-10,16H2. The van der Waals surface area contributed by atoms with E-state index in [-0.39, 0.29) is 0 Å². The summed E-state index contributed by atoms with van der Waals surface area (Å²) in [5.74, 6) is 0.986. The van der Waals surface area contributed by atoms with Crippen molar-refractivity contribution < 1.29 is 4.74 Å². The molecule has 0 saturated carbocycles. The largest absolute Gasteiger partial charge is 0.377 e. The van der Waals surface area contributed by atoms with Gasteiger partial charge in [-0.1, -0.05) is 24.3 Å². The normalized spacial score (nSPS) is 16.8. The Labute approximate surface area is 118 Å². The highest BCUT2D eigenvalue weighted by Gasteiger charge is 2.21. The van der Waals surface area contributed by atoms with Gasteiger partial charge in [-0.2, -0.15) is 5.10 Å². The zero-order valence-electron chi connectivity index (χ0n) is 11.5. The number of hydrogen-bond acceptors (Lipinski definition) is 5. The van der Waals surface area contributed by atoms with Crippen molar-refractivity contribution in [3.63, 3.8) is 0 Å². The zero-order chi connectivity index (χ0) is 13.8. The van der Waals surface area contributed by atoms with E-state index in [1.54, 1.807) is 0 Å². The SMILES string of the molecule is NCCOC1CCN(c2nncc3ccccc23)CC1. The molecule has 2 aromatic rings. The summed E-state index contributed by atoms with van der Waals surface area (Å²) in [7, 11) is 0. The number of piperidine rings is 1. The average molecular weight is 272 g/mol. The Morgan fingerprint density at radius 2 is 2.05 bits per heavy atom. The molecule has 5 heteroatoms. The molecule has 0 spiro atoms. The van der Waals surface area contributed by atoms with Gasteiger partial charge in [-0.25, -0.2) is 0 Å². The van der Waals surface area contributed by atoms with Crippen LogP contribution in [0.5, 0.6) is 0 Å². The number of nitrogens with zero attached hydrogens (tertiary/aromatic N) is 3. The Balaban J connectivity index is 1.74. The van der Waals surface area contributed by atoms with E-state index in [1.165, 1.54) is 5.39 Å². The van der Waals surface area contributed by atoms with Gasteiger partial charge >= 0.3 is 0 Å². The second-order valence-corrected chi connectivity index (χ2v) is 5.10. The van der Waals surface area contributed by atoms with E-state index < -0.39 is 0 Å². The Morgan fingerprint density at radius 1 is 1.25 bits per heavy atom. The fraction of sp³-hybridized carbons (Fsp3) is 0.467. The number of nitrogens with two attached hydrogens (primary N) is 1. The lowest BCUT2D eigenvalue weighted by Gasteiger charge is -2.32. The molecule has 0 radical (unpaired) electrons. The van der Waals surface area contributed by atoms with Gasteiger partial charge in [0.2, 0.25) is 0 Å². The van der Waals surface area contributed by atoms with Crippen molar-refractivity contribution in [3.05, 3.63) is 30.5 Å². The van der Waals surface area contributed by atoms with Crippen LogP contribution in [-0.4, -0.2) is 42.5 Å². The van der Waals surface area contributed by atoms with Crippen LogP contribution in [0.1, 0.15) is 12.8 Å². The molecule has 0 atom stereocenters. The minimum absolute atomic E-state index is 0.331. The van der Waals surface area contributed by atoms with Crippen molar-refractivity contribution in [2.45, 2.75) is 18.9 Å². The first-order chi connectivity index (χ1) is 9.88. The first kappa shape index (κ1) is 13.3. The number of fused-ring (bicyclic) bond motifs is 1. The van der Waals surface area contributed by atoms with Gasteiger partial charge in [0.1, 0.15) is 0 Å². The van der Waals surface area contributed by atoms with Gasteiger partial charge < -0.3 is 15.4 Å². The Kier molecular flexibility index (Phi) is 4.08. The van der Waals surface area contributed by atoms with Crippen LogP contribution in [0.15, 0.2) is 30.5 Å². The van der Waals surface area contributed by atoms with E-state index >= 15 is 0 Å². The lowest BCUT2D eigenvalue weighted by molar-refractivity contribution is 0.0421. The highest BCUT2D eigenvalue weighted by atomic mass is 16.5. The third-order valence-electron chi connectivity index (χ3n) is 3.76. The predicted molar refractivity (Wildman–Crippen MR) is 79.8 cm³/mol. The monoisotopic (exact) mass is 272 g/mol. The first-order valence-corrected chi connectivity index (χ1v) is 7.15.